The van der Waals surface area contributed by atoms with Gasteiger partial charge in [0.15, 0.2) is 5.17 Å². The molecule has 1 aromatic rings. The number of amidine groups is 1. The molecule has 0 unspecified atom stereocenters. The van der Waals surface area contributed by atoms with Crippen molar-refractivity contribution in [2.24, 2.45) is 4.99 Å². The summed E-state index contributed by atoms with van der Waals surface area (Å²) in [7, 11) is 0. The second-order valence-corrected chi connectivity index (χ2v) is 5.82. The number of benzene rings is 1. The van der Waals surface area contributed by atoms with Gasteiger partial charge in [-0.3, -0.25) is 4.79 Å². The van der Waals surface area contributed by atoms with E-state index in [2.05, 4.69) is 10.3 Å². The summed E-state index contributed by atoms with van der Waals surface area (Å²) in [5.41, 5.74) is 0.247. The topological polar surface area (TPSA) is 78.8 Å². The van der Waals surface area contributed by atoms with Crippen LogP contribution in [0.25, 0.3) is 0 Å². The number of nitrogens with zero attached hydrogens (tertiary/aromatic N) is 1. The number of amides is 1. The van der Waals surface area contributed by atoms with Crippen LogP contribution in [0, 0.1) is 0 Å². The van der Waals surface area contributed by atoms with Crippen LogP contribution in [-0.4, -0.2) is 22.2 Å². The molecule has 1 fully saturated rings. The molecule has 0 saturated carbocycles. The first kappa shape index (κ1) is 15.2. The summed E-state index contributed by atoms with van der Waals surface area (Å²) in [4.78, 5) is 26.2. The fraction of sp³-hybridized carbons (Fsp3) is 0. The van der Waals surface area contributed by atoms with E-state index >= 15 is 0 Å². The number of thioether (sulfide) groups is 1. The van der Waals surface area contributed by atoms with Gasteiger partial charge in [0.2, 0.25) is 0 Å². The Bertz CT molecular complexity index is 650. The lowest BCUT2D eigenvalue weighted by Crippen LogP contribution is -2.19. The maximum Gasteiger partial charge on any atom is 0.329 e. The number of hydrogen-bond donors (Lipinski definition) is 2. The number of rotatable bonds is 2. The van der Waals surface area contributed by atoms with Crippen molar-refractivity contribution in [1.29, 1.82) is 0 Å². The highest BCUT2D eigenvalue weighted by atomic mass is 35.5. The Morgan fingerprint density at radius 1 is 1.30 bits per heavy atom. The van der Waals surface area contributed by atoms with Crippen molar-refractivity contribution in [2.75, 3.05) is 0 Å². The van der Waals surface area contributed by atoms with Gasteiger partial charge in [-0.1, -0.05) is 34.8 Å². The Morgan fingerprint density at radius 3 is 2.45 bits per heavy atom. The smallest absolute Gasteiger partial charge is 0.329 e. The second-order valence-electron chi connectivity index (χ2n) is 3.54. The van der Waals surface area contributed by atoms with Crippen LogP contribution in [0.2, 0.25) is 15.1 Å². The first-order chi connectivity index (χ1) is 9.36. The molecule has 5 nitrogen and oxygen atoms in total. The van der Waals surface area contributed by atoms with E-state index in [1.807, 2.05) is 0 Å². The SMILES string of the molecule is O=C(O)/C=C1\SC(=Nc2c(Cl)cc(Cl)cc2Cl)NC1=O. The molecule has 1 amide bonds. The Kier molecular flexibility index (Phi) is 4.59. The van der Waals surface area contributed by atoms with Gasteiger partial charge in [0.25, 0.3) is 5.91 Å². The van der Waals surface area contributed by atoms with Gasteiger partial charge in [0.05, 0.1) is 15.0 Å². The summed E-state index contributed by atoms with van der Waals surface area (Å²) in [5, 5.41) is 12.0. The molecule has 0 aromatic heterocycles. The molecule has 1 aliphatic heterocycles. The van der Waals surface area contributed by atoms with Gasteiger partial charge in [0, 0.05) is 11.1 Å². The van der Waals surface area contributed by atoms with E-state index in [1.54, 1.807) is 0 Å². The van der Waals surface area contributed by atoms with E-state index in [0.29, 0.717) is 5.02 Å². The van der Waals surface area contributed by atoms with Crippen LogP contribution < -0.4 is 5.32 Å². The van der Waals surface area contributed by atoms with Crippen molar-refractivity contribution in [2.45, 2.75) is 0 Å². The van der Waals surface area contributed by atoms with E-state index in [-0.39, 0.29) is 25.8 Å². The van der Waals surface area contributed by atoms with Crippen molar-refractivity contribution < 1.29 is 14.7 Å². The Balaban J connectivity index is 2.35. The average molecular weight is 352 g/mol. The van der Waals surface area contributed by atoms with E-state index in [0.717, 1.165) is 17.8 Å². The maximum atomic E-state index is 11.5. The molecule has 1 aromatic carbocycles. The first-order valence-electron chi connectivity index (χ1n) is 5.04. The predicted octanol–water partition coefficient (Wildman–Crippen LogP) is 3.47. The molecular formula is C11H5Cl3N2O3S. The van der Waals surface area contributed by atoms with E-state index in [4.69, 9.17) is 39.9 Å². The van der Waals surface area contributed by atoms with E-state index in [1.165, 1.54) is 12.1 Å². The van der Waals surface area contributed by atoms with Gasteiger partial charge in [-0.25, -0.2) is 9.79 Å². The molecule has 0 radical (unpaired) electrons. The standard InChI is InChI=1S/C11H5Cl3N2O3S/c12-4-1-5(13)9(6(14)2-4)15-11-16-10(19)7(20-11)3-8(17)18/h1-3H,(H,17,18)(H,15,16,19)/b7-3-. The lowest BCUT2D eigenvalue weighted by Gasteiger charge is -2.03. The molecule has 0 spiro atoms. The van der Waals surface area contributed by atoms with Gasteiger partial charge in [-0.15, -0.1) is 0 Å². The average Bonchev–Trinajstić information content (AvgIpc) is 2.63. The zero-order chi connectivity index (χ0) is 14.9. The summed E-state index contributed by atoms with van der Waals surface area (Å²) in [6, 6.07) is 2.92. The van der Waals surface area contributed by atoms with Crippen molar-refractivity contribution in [1.82, 2.24) is 5.32 Å². The molecular weight excluding hydrogens is 347 g/mol. The Morgan fingerprint density at radius 2 is 1.90 bits per heavy atom. The minimum Gasteiger partial charge on any atom is -0.478 e. The summed E-state index contributed by atoms with van der Waals surface area (Å²) in [5.74, 6) is -1.76. The Hall–Kier alpha value is -1.21. The summed E-state index contributed by atoms with van der Waals surface area (Å²) in [6.45, 7) is 0. The van der Waals surface area contributed by atoms with Crippen LogP contribution in [0.15, 0.2) is 28.1 Å². The molecule has 1 saturated heterocycles. The first-order valence-corrected chi connectivity index (χ1v) is 6.99. The second kappa shape index (κ2) is 6.05. The number of carbonyl (C=O) groups is 2. The van der Waals surface area contributed by atoms with Gasteiger partial charge in [-0.05, 0) is 23.9 Å². The van der Waals surface area contributed by atoms with Crippen LogP contribution in [0.1, 0.15) is 0 Å². The van der Waals surface area contributed by atoms with Gasteiger partial charge < -0.3 is 10.4 Å². The van der Waals surface area contributed by atoms with Crippen molar-refractivity contribution in [3.05, 3.63) is 38.2 Å². The third-order valence-electron chi connectivity index (χ3n) is 2.10. The van der Waals surface area contributed by atoms with Crippen molar-refractivity contribution >= 4 is 69.3 Å². The molecule has 2 rings (SSSR count). The lowest BCUT2D eigenvalue weighted by molar-refractivity contribution is -0.131. The minimum absolute atomic E-state index is 0.0254. The fourth-order valence-corrected chi connectivity index (χ4v) is 3.03. The van der Waals surface area contributed by atoms with Gasteiger partial charge in [-0.2, -0.15) is 0 Å². The number of nitrogens with one attached hydrogen (secondary N) is 1. The zero-order valence-electron chi connectivity index (χ0n) is 9.49. The number of aliphatic carboxylic acids is 1. The highest BCUT2D eigenvalue weighted by Gasteiger charge is 2.25. The van der Waals surface area contributed by atoms with Crippen LogP contribution in [-0.2, 0) is 9.59 Å². The summed E-state index contributed by atoms with van der Waals surface area (Å²) < 4.78 is 0. The van der Waals surface area contributed by atoms with Crippen LogP contribution in [0.5, 0.6) is 0 Å². The third kappa shape index (κ3) is 3.46. The summed E-state index contributed by atoms with van der Waals surface area (Å²) >= 11 is 18.6. The number of hydrogen-bond acceptors (Lipinski definition) is 4. The number of carboxylic acid groups (broad SMARTS) is 1. The number of halogens is 3. The molecule has 1 aliphatic rings. The zero-order valence-corrected chi connectivity index (χ0v) is 12.6. The molecule has 0 aliphatic carbocycles. The van der Waals surface area contributed by atoms with E-state index < -0.39 is 11.9 Å². The quantitative estimate of drug-likeness (QED) is 0.800. The van der Waals surface area contributed by atoms with Crippen molar-refractivity contribution in [3.8, 4) is 0 Å². The highest BCUT2D eigenvalue weighted by Crippen LogP contribution is 2.37. The van der Waals surface area contributed by atoms with Crippen LogP contribution >= 0.6 is 46.6 Å². The predicted molar refractivity (Wildman–Crippen MR) is 80.0 cm³/mol. The number of carbonyl (C=O) groups excluding carboxylic acids is 1. The minimum atomic E-state index is -1.22. The molecule has 0 atom stereocenters. The van der Waals surface area contributed by atoms with Crippen LogP contribution in [0.4, 0.5) is 5.69 Å². The monoisotopic (exact) mass is 350 g/mol. The molecule has 9 heteroatoms. The molecule has 104 valence electrons. The maximum absolute atomic E-state index is 11.5. The third-order valence-corrected chi connectivity index (χ3v) is 3.80. The normalized spacial score (nSPS) is 18.6. The number of aliphatic imine (C=N–C) groups is 1. The fourth-order valence-electron chi connectivity index (χ4n) is 1.34. The van der Waals surface area contributed by atoms with Crippen molar-refractivity contribution in [3.63, 3.8) is 0 Å². The Labute approximate surface area is 132 Å². The molecule has 0 bridgehead atoms. The lowest BCUT2D eigenvalue weighted by atomic mass is 10.3. The van der Waals surface area contributed by atoms with Gasteiger partial charge in [0.1, 0.15) is 5.69 Å². The highest BCUT2D eigenvalue weighted by molar-refractivity contribution is 8.18. The summed E-state index contributed by atoms with van der Waals surface area (Å²) in [6.07, 6.45) is 0.799. The largest absolute Gasteiger partial charge is 0.478 e. The molecule has 1 heterocycles. The van der Waals surface area contributed by atoms with Gasteiger partial charge >= 0.3 is 5.97 Å². The van der Waals surface area contributed by atoms with E-state index in [9.17, 15) is 9.59 Å². The van der Waals surface area contributed by atoms with Crippen LogP contribution in [0.3, 0.4) is 0 Å². The number of carboxylic acids is 1. The molecule has 2 N–H and O–H groups in total. The molecule has 20 heavy (non-hydrogen) atoms.